The van der Waals surface area contributed by atoms with Crippen molar-refractivity contribution in [2.45, 2.75) is 85.6 Å². The summed E-state index contributed by atoms with van der Waals surface area (Å²) in [5, 5.41) is 19.4. The van der Waals surface area contributed by atoms with Crippen LogP contribution in [-0.2, 0) is 17.8 Å². The molecular formula is C29H41N3O2. The highest BCUT2D eigenvalue weighted by molar-refractivity contribution is 5.80. The van der Waals surface area contributed by atoms with E-state index in [4.69, 9.17) is 10.1 Å². The van der Waals surface area contributed by atoms with Crippen LogP contribution in [0.4, 0.5) is 0 Å². The fourth-order valence-electron chi connectivity index (χ4n) is 5.59. The molecule has 5 heteroatoms. The highest BCUT2D eigenvalue weighted by Gasteiger charge is 2.33. The van der Waals surface area contributed by atoms with E-state index in [0.29, 0.717) is 5.96 Å². The van der Waals surface area contributed by atoms with Crippen LogP contribution in [0.3, 0.4) is 0 Å². The van der Waals surface area contributed by atoms with Gasteiger partial charge >= 0.3 is 0 Å². The van der Waals surface area contributed by atoms with E-state index >= 15 is 0 Å². The number of nitrogens with zero attached hydrogens (tertiary/aromatic N) is 2. The van der Waals surface area contributed by atoms with Gasteiger partial charge in [-0.15, -0.1) is 0 Å². The Morgan fingerprint density at radius 2 is 1.53 bits per heavy atom. The fraction of sp³-hybridized carbons (Fsp3) is 0.552. The lowest BCUT2D eigenvalue weighted by molar-refractivity contribution is -0.0822. The van der Waals surface area contributed by atoms with Gasteiger partial charge in [-0.2, -0.15) is 0 Å². The minimum absolute atomic E-state index is 0.0670. The Balaban J connectivity index is 1.81. The number of benzene rings is 2. The molecule has 0 saturated carbocycles. The van der Waals surface area contributed by atoms with E-state index in [-0.39, 0.29) is 12.2 Å². The van der Waals surface area contributed by atoms with Crippen molar-refractivity contribution in [1.82, 2.24) is 9.80 Å². The highest BCUT2D eigenvalue weighted by Crippen LogP contribution is 2.43. The maximum absolute atomic E-state index is 10.5. The van der Waals surface area contributed by atoms with Crippen LogP contribution in [0, 0.1) is 26.2 Å². The average molecular weight is 464 g/mol. The molecule has 184 valence electrons. The average Bonchev–Trinajstić information content (AvgIpc) is 3.26. The normalized spacial score (nSPS) is 17.1. The number of ether oxygens (including phenoxy) is 1. The maximum Gasteiger partial charge on any atom is 0.194 e. The van der Waals surface area contributed by atoms with E-state index in [2.05, 4.69) is 54.8 Å². The van der Waals surface area contributed by atoms with Gasteiger partial charge in [0.1, 0.15) is 6.10 Å². The molecule has 0 aromatic heterocycles. The van der Waals surface area contributed by atoms with Crippen molar-refractivity contribution in [3.8, 4) is 11.1 Å². The van der Waals surface area contributed by atoms with Crippen molar-refractivity contribution >= 4 is 5.96 Å². The van der Waals surface area contributed by atoms with Gasteiger partial charge in [-0.25, -0.2) is 0 Å². The van der Waals surface area contributed by atoms with E-state index in [1.807, 2.05) is 20.8 Å². The number of likely N-dealkylation sites (tertiary alicyclic amines) is 1. The second-order valence-electron chi connectivity index (χ2n) is 11.0. The first-order chi connectivity index (χ1) is 16.1. The first-order valence-electron chi connectivity index (χ1n) is 12.7. The number of aliphatic hydroxyl groups is 1. The summed E-state index contributed by atoms with van der Waals surface area (Å²) in [5.41, 5.74) is 9.32. The summed E-state index contributed by atoms with van der Waals surface area (Å²) >= 11 is 0. The van der Waals surface area contributed by atoms with E-state index in [9.17, 15) is 5.11 Å². The molecule has 5 nitrogen and oxygen atoms in total. The molecule has 1 atom stereocenters. The number of piperidine rings is 1. The van der Waals surface area contributed by atoms with Crippen LogP contribution in [0.5, 0.6) is 0 Å². The number of fused-ring (bicyclic) bond motifs is 1. The van der Waals surface area contributed by atoms with E-state index in [0.717, 1.165) is 37.3 Å². The number of aryl methyl sites for hydroxylation is 1. The summed E-state index contributed by atoms with van der Waals surface area (Å²) in [6.45, 7) is 16.0. The van der Waals surface area contributed by atoms with Crippen molar-refractivity contribution in [2.75, 3.05) is 19.7 Å². The zero-order valence-corrected chi connectivity index (χ0v) is 21.8. The first kappa shape index (κ1) is 24.7. The molecule has 2 heterocycles. The van der Waals surface area contributed by atoms with Gasteiger partial charge < -0.3 is 19.6 Å². The predicted molar refractivity (Wildman–Crippen MR) is 139 cm³/mol. The van der Waals surface area contributed by atoms with Crippen molar-refractivity contribution in [3.63, 3.8) is 0 Å². The van der Waals surface area contributed by atoms with Crippen LogP contribution in [0.25, 0.3) is 11.1 Å². The smallest absolute Gasteiger partial charge is 0.194 e. The molecular weight excluding hydrogens is 422 g/mol. The lowest BCUT2D eigenvalue weighted by Crippen LogP contribution is -2.43. The van der Waals surface area contributed by atoms with Crippen molar-refractivity contribution in [1.29, 1.82) is 5.41 Å². The van der Waals surface area contributed by atoms with Crippen molar-refractivity contribution < 1.29 is 9.84 Å². The van der Waals surface area contributed by atoms with Crippen LogP contribution in [0.1, 0.15) is 79.5 Å². The Morgan fingerprint density at radius 1 is 0.941 bits per heavy atom. The molecule has 0 radical (unpaired) electrons. The topological polar surface area (TPSA) is 59.8 Å². The zero-order valence-electron chi connectivity index (χ0n) is 21.8. The third-order valence-corrected chi connectivity index (χ3v) is 7.29. The zero-order chi connectivity index (χ0) is 24.6. The van der Waals surface area contributed by atoms with Crippen LogP contribution in [0.15, 0.2) is 24.3 Å². The minimum Gasteiger partial charge on any atom is -0.393 e. The molecule has 2 N–H and O–H groups in total. The lowest BCUT2D eigenvalue weighted by atomic mass is 9.83. The third-order valence-electron chi connectivity index (χ3n) is 7.29. The van der Waals surface area contributed by atoms with Gasteiger partial charge in [-0.05, 0) is 99.7 Å². The molecule has 1 saturated heterocycles. The van der Waals surface area contributed by atoms with Gasteiger partial charge in [0.05, 0.1) is 12.2 Å². The number of aliphatic hydroxyl groups excluding tert-OH is 1. The molecule has 2 aliphatic heterocycles. The summed E-state index contributed by atoms with van der Waals surface area (Å²) in [7, 11) is 0. The SMILES string of the molecule is Cc1ccc(-c2c(C)c3c(c(C)c2[C@@H](CO)OC(C)(C)C)CN(C(=N)N2CCCCC2)C3)cc1. The Morgan fingerprint density at radius 3 is 2.09 bits per heavy atom. The predicted octanol–water partition coefficient (Wildman–Crippen LogP) is 5.86. The summed E-state index contributed by atoms with van der Waals surface area (Å²) < 4.78 is 6.41. The largest absolute Gasteiger partial charge is 0.393 e. The van der Waals surface area contributed by atoms with E-state index in [1.165, 1.54) is 52.6 Å². The number of nitrogens with one attached hydrogen (secondary N) is 1. The number of rotatable bonds is 4. The van der Waals surface area contributed by atoms with E-state index < -0.39 is 6.10 Å². The fourth-order valence-corrected chi connectivity index (χ4v) is 5.59. The molecule has 0 unspecified atom stereocenters. The van der Waals surface area contributed by atoms with Crippen LogP contribution < -0.4 is 0 Å². The summed E-state index contributed by atoms with van der Waals surface area (Å²) in [5.74, 6) is 0.651. The van der Waals surface area contributed by atoms with E-state index in [1.54, 1.807) is 0 Å². The van der Waals surface area contributed by atoms with Crippen LogP contribution >= 0.6 is 0 Å². The van der Waals surface area contributed by atoms with Crippen LogP contribution in [0.2, 0.25) is 0 Å². The van der Waals surface area contributed by atoms with Gasteiger partial charge in [-0.1, -0.05) is 29.8 Å². The molecule has 0 amide bonds. The molecule has 2 aromatic carbocycles. The maximum atomic E-state index is 10.5. The molecule has 1 fully saturated rings. The van der Waals surface area contributed by atoms with Gasteiger partial charge in [-0.3, -0.25) is 5.41 Å². The lowest BCUT2D eigenvalue weighted by Gasteiger charge is -2.33. The van der Waals surface area contributed by atoms with Gasteiger partial charge in [0.2, 0.25) is 0 Å². The van der Waals surface area contributed by atoms with Crippen LogP contribution in [-0.4, -0.2) is 46.2 Å². The van der Waals surface area contributed by atoms with Gasteiger partial charge in [0, 0.05) is 26.2 Å². The minimum atomic E-state index is -0.407. The molecule has 0 aliphatic carbocycles. The van der Waals surface area contributed by atoms with Crippen molar-refractivity contribution in [3.05, 3.63) is 57.6 Å². The van der Waals surface area contributed by atoms with Crippen molar-refractivity contribution in [2.24, 2.45) is 0 Å². The number of guanidine groups is 1. The molecule has 4 rings (SSSR count). The summed E-state index contributed by atoms with van der Waals surface area (Å²) in [6, 6.07) is 8.66. The number of hydrogen-bond donors (Lipinski definition) is 2. The Labute approximate surface area is 205 Å². The second kappa shape index (κ2) is 9.71. The Kier molecular flexibility index (Phi) is 7.07. The molecule has 2 aromatic rings. The Hall–Kier alpha value is -2.37. The summed E-state index contributed by atoms with van der Waals surface area (Å²) in [6.07, 6.45) is 3.20. The second-order valence-corrected chi connectivity index (χ2v) is 11.0. The summed E-state index contributed by atoms with van der Waals surface area (Å²) in [4.78, 5) is 4.46. The highest BCUT2D eigenvalue weighted by atomic mass is 16.5. The molecule has 0 spiro atoms. The Bertz CT molecular complexity index is 1050. The standard InChI is InChI=1S/C29H41N3O2/c1-19-10-12-22(13-11-19)26-20(2)23-16-32(28(30)31-14-8-7-9-15-31)17-24(23)21(3)27(26)25(18-33)34-29(4,5)6/h10-13,25,30,33H,7-9,14-18H2,1-6H3/t25-/m1/s1. The first-order valence-corrected chi connectivity index (χ1v) is 12.7. The quantitative estimate of drug-likeness (QED) is 0.440. The number of hydrogen-bond acceptors (Lipinski definition) is 3. The monoisotopic (exact) mass is 463 g/mol. The third kappa shape index (κ3) is 4.87. The molecule has 0 bridgehead atoms. The molecule has 34 heavy (non-hydrogen) atoms. The van der Waals surface area contributed by atoms with Gasteiger partial charge in [0.25, 0.3) is 0 Å². The molecule has 2 aliphatic rings. The van der Waals surface area contributed by atoms with Gasteiger partial charge in [0.15, 0.2) is 5.96 Å².